The van der Waals surface area contributed by atoms with Crippen molar-refractivity contribution in [3.05, 3.63) is 108 Å². The zero-order valence-corrected chi connectivity index (χ0v) is 28.8. The van der Waals surface area contributed by atoms with Crippen LogP contribution in [-0.2, 0) is 9.59 Å². The Bertz CT molecular complexity index is 1630. The average Bonchev–Trinajstić information content (AvgIpc) is 3.07. The van der Waals surface area contributed by atoms with Gasteiger partial charge in [0.25, 0.3) is 11.8 Å². The van der Waals surface area contributed by atoms with E-state index in [4.69, 9.17) is 21.7 Å². The fourth-order valence-corrected chi connectivity index (χ4v) is 6.76. The quantitative estimate of drug-likeness (QED) is 0.125. The predicted octanol–water partition coefficient (Wildman–Crippen LogP) is 8.47. The standard InChI is InChI=1S/C39H43N3O4S/c1-7-40-36(43)35(37(44)41(8-2)38(40)47)24-29-23-28(25-39(3,4)26-29)10-9-27-11-13-30(14-12-27)42(31-15-19-33(45-5)20-16-31)32-17-21-34(46-6)22-18-32/h9-24,29H,7-8,25-26H2,1-6H3/b10-9+. The molecular formula is C39H43N3O4S. The van der Waals surface area contributed by atoms with Gasteiger partial charge in [-0.3, -0.25) is 19.4 Å². The number of hydrogen-bond acceptors (Lipinski definition) is 6. The van der Waals surface area contributed by atoms with Crippen LogP contribution >= 0.6 is 12.2 Å². The van der Waals surface area contributed by atoms with Crippen LogP contribution in [0.5, 0.6) is 11.5 Å². The van der Waals surface area contributed by atoms with E-state index in [9.17, 15) is 9.59 Å². The highest BCUT2D eigenvalue weighted by Crippen LogP contribution is 2.41. The molecule has 0 saturated carbocycles. The van der Waals surface area contributed by atoms with Crippen LogP contribution in [0.1, 0.15) is 46.1 Å². The molecule has 1 heterocycles. The molecule has 0 spiro atoms. The number of carbonyl (C=O) groups excluding carboxylic acids is 2. The van der Waals surface area contributed by atoms with Crippen LogP contribution in [0.2, 0.25) is 0 Å². The van der Waals surface area contributed by atoms with E-state index in [0.29, 0.717) is 13.1 Å². The van der Waals surface area contributed by atoms with Crippen molar-refractivity contribution in [2.24, 2.45) is 11.3 Å². The van der Waals surface area contributed by atoms with Crippen molar-refractivity contribution in [3.63, 3.8) is 0 Å². The van der Waals surface area contributed by atoms with Gasteiger partial charge in [0.1, 0.15) is 17.1 Å². The van der Waals surface area contributed by atoms with Crippen LogP contribution < -0.4 is 14.4 Å². The maximum absolute atomic E-state index is 13.3. The van der Waals surface area contributed by atoms with Gasteiger partial charge in [0, 0.05) is 30.2 Å². The van der Waals surface area contributed by atoms with Crippen molar-refractivity contribution >= 4 is 52.3 Å². The maximum Gasteiger partial charge on any atom is 0.265 e. The van der Waals surface area contributed by atoms with E-state index in [1.165, 1.54) is 15.4 Å². The molecule has 0 aromatic heterocycles. The number of nitrogens with zero attached hydrogens (tertiary/aromatic N) is 3. The van der Waals surface area contributed by atoms with E-state index in [1.807, 2.05) is 68.5 Å². The first-order valence-electron chi connectivity index (χ1n) is 16.0. The van der Waals surface area contributed by atoms with Crippen molar-refractivity contribution in [1.82, 2.24) is 9.80 Å². The second kappa shape index (κ2) is 14.4. The Hall–Kier alpha value is -4.69. The second-order valence-electron chi connectivity index (χ2n) is 12.6. The van der Waals surface area contributed by atoms with Gasteiger partial charge in [0.15, 0.2) is 5.11 Å². The fourth-order valence-electron chi connectivity index (χ4n) is 6.34. The molecule has 47 heavy (non-hydrogen) atoms. The first kappa shape index (κ1) is 33.7. The number of allylic oxidation sites excluding steroid dienone is 4. The Balaban J connectivity index is 1.40. The molecule has 2 amide bonds. The molecule has 8 heteroatoms. The maximum atomic E-state index is 13.3. The van der Waals surface area contributed by atoms with Gasteiger partial charge in [0.2, 0.25) is 0 Å². The summed E-state index contributed by atoms with van der Waals surface area (Å²) in [6, 6.07) is 24.5. The Morgan fingerprint density at radius 1 is 0.787 bits per heavy atom. The van der Waals surface area contributed by atoms with Gasteiger partial charge in [-0.05, 0) is 116 Å². The summed E-state index contributed by atoms with van der Waals surface area (Å²) in [5.41, 5.74) is 5.49. The summed E-state index contributed by atoms with van der Waals surface area (Å²) >= 11 is 5.43. The van der Waals surface area contributed by atoms with Crippen molar-refractivity contribution in [1.29, 1.82) is 0 Å². The van der Waals surface area contributed by atoms with Crippen LogP contribution in [-0.4, -0.2) is 54.0 Å². The average molecular weight is 650 g/mol. The zero-order chi connectivity index (χ0) is 33.7. The van der Waals surface area contributed by atoms with E-state index in [1.54, 1.807) is 14.2 Å². The highest BCUT2D eigenvalue weighted by molar-refractivity contribution is 7.80. The molecule has 1 saturated heterocycles. The number of anilines is 3. The Morgan fingerprint density at radius 2 is 1.26 bits per heavy atom. The molecule has 3 aromatic carbocycles. The summed E-state index contributed by atoms with van der Waals surface area (Å²) in [5, 5.41) is 0.285. The van der Waals surface area contributed by atoms with Gasteiger partial charge < -0.3 is 14.4 Å². The van der Waals surface area contributed by atoms with Crippen LogP contribution in [0.4, 0.5) is 17.1 Å². The van der Waals surface area contributed by atoms with E-state index < -0.39 is 0 Å². The van der Waals surface area contributed by atoms with E-state index >= 15 is 0 Å². The number of benzene rings is 3. The Kier molecular flexibility index (Phi) is 10.3. The minimum absolute atomic E-state index is 0.00217. The Labute approximate surface area is 283 Å². The summed E-state index contributed by atoms with van der Waals surface area (Å²) in [6.07, 6.45) is 10.1. The third-order valence-corrected chi connectivity index (χ3v) is 9.07. The molecule has 0 bridgehead atoms. The Morgan fingerprint density at radius 3 is 1.70 bits per heavy atom. The summed E-state index contributed by atoms with van der Waals surface area (Å²) in [4.78, 5) is 31.7. The molecule has 0 radical (unpaired) electrons. The number of ether oxygens (including phenoxy) is 2. The zero-order valence-electron chi connectivity index (χ0n) is 28.0. The molecule has 3 aromatic rings. The molecule has 5 rings (SSSR count). The largest absolute Gasteiger partial charge is 0.497 e. The van der Waals surface area contributed by atoms with E-state index in [2.05, 4.69) is 61.2 Å². The number of amides is 2. The van der Waals surface area contributed by atoms with E-state index in [0.717, 1.165) is 47.0 Å². The minimum Gasteiger partial charge on any atom is -0.497 e. The van der Waals surface area contributed by atoms with Gasteiger partial charge in [-0.1, -0.05) is 55.9 Å². The summed E-state index contributed by atoms with van der Waals surface area (Å²) in [7, 11) is 3.33. The van der Waals surface area contributed by atoms with Crippen molar-refractivity contribution in [3.8, 4) is 11.5 Å². The number of likely N-dealkylation sites (N-methyl/N-ethyl adjacent to an activating group) is 2. The third-order valence-electron chi connectivity index (χ3n) is 8.63. The highest BCUT2D eigenvalue weighted by atomic mass is 32.1. The lowest BCUT2D eigenvalue weighted by Gasteiger charge is -2.37. The number of methoxy groups -OCH3 is 2. The third kappa shape index (κ3) is 7.49. The van der Waals surface area contributed by atoms with Gasteiger partial charge in [-0.25, -0.2) is 0 Å². The predicted molar refractivity (Wildman–Crippen MR) is 193 cm³/mol. The van der Waals surface area contributed by atoms with Crippen molar-refractivity contribution in [2.75, 3.05) is 32.2 Å². The molecular weight excluding hydrogens is 607 g/mol. The first-order valence-corrected chi connectivity index (χ1v) is 16.4. The number of hydrogen-bond donors (Lipinski definition) is 0. The molecule has 244 valence electrons. The lowest BCUT2D eigenvalue weighted by Crippen LogP contribution is -2.56. The van der Waals surface area contributed by atoms with Gasteiger partial charge in [0.05, 0.1) is 14.2 Å². The molecule has 1 atom stereocenters. The lowest BCUT2D eigenvalue weighted by atomic mass is 9.72. The smallest absolute Gasteiger partial charge is 0.265 e. The summed E-state index contributed by atoms with van der Waals surface area (Å²) < 4.78 is 10.8. The number of rotatable bonds is 10. The molecule has 1 unspecified atom stereocenters. The molecule has 1 aliphatic heterocycles. The first-order chi connectivity index (χ1) is 22.6. The fraction of sp³-hybridized carbons (Fsp3) is 0.308. The topological polar surface area (TPSA) is 62.3 Å². The monoisotopic (exact) mass is 649 g/mol. The second-order valence-corrected chi connectivity index (χ2v) is 12.9. The number of thiocarbonyl (C=S) groups is 1. The SMILES string of the molecule is CCN1C(=O)C(=CC2C=C(/C=C/c3ccc(N(c4ccc(OC)cc4)c4ccc(OC)cc4)cc3)CC(C)(C)C2)C(=O)N(CC)C1=S. The molecule has 2 aliphatic rings. The van der Waals surface area contributed by atoms with Crippen LogP contribution in [0, 0.1) is 11.3 Å². The van der Waals surface area contributed by atoms with E-state index in [-0.39, 0.29) is 33.8 Å². The van der Waals surface area contributed by atoms with Crippen molar-refractivity contribution in [2.45, 2.75) is 40.5 Å². The summed E-state index contributed by atoms with van der Waals surface area (Å²) in [6.45, 7) is 9.07. The summed E-state index contributed by atoms with van der Waals surface area (Å²) in [5.74, 6) is 0.943. The normalized spacial score (nSPS) is 18.0. The van der Waals surface area contributed by atoms with Crippen LogP contribution in [0.3, 0.4) is 0 Å². The molecule has 7 nitrogen and oxygen atoms in total. The van der Waals surface area contributed by atoms with Gasteiger partial charge in [-0.2, -0.15) is 0 Å². The minimum atomic E-state index is -0.306. The lowest BCUT2D eigenvalue weighted by molar-refractivity contribution is -0.133. The van der Waals surface area contributed by atoms with Crippen LogP contribution in [0.25, 0.3) is 6.08 Å². The molecule has 1 aliphatic carbocycles. The molecule has 0 N–H and O–H groups in total. The highest BCUT2D eigenvalue weighted by Gasteiger charge is 2.39. The van der Waals surface area contributed by atoms with Gasteiger partial charge in [-0.15, -0.1) is 0 Å². The number of carbonyl (C=O) groups is 2. The van der Waals surface area contributed by atoms with Crippen LogP contribution in [0.15, 0.2) is 102 Å². The van der Waals surface area contributed by atoms with Crippen molar-refractivity contribution < 1.29 is 19.1 Å². The van der Waals surface area contributed by atoms with Gasteiger partial charge >= 0.3 is 0 Å². The molecule has 1 fully saturated rings.